The SMILES string of the molecule is CC(=O)OCc1cn(-c2cnc3ccccc3n2)nn1. The quantitative estimate of drug-likeness (QED) is 0.666. The van der Waals surface area contributed by atoms with Gasteiger partial charge in [0.15, 0.2) is 5.82 Å². The van der Waals surface area contributed by atoms with E-state index in [0.717, 1.165) is 11.0 Å². The minimum atomic E-state index is -0.356. The molecule has 0 atom stereocenters. The zero-order valence-corrected chi connectivity index (χ0v) is 10.7. The summed E-state index contributed by atoms with van der Waals surface area (Å²) >= 11 is 0. The van der Waals surface area contributed by atoms with Crippen LogP contribution >= 0.6 is 0 Å². The molecule has 0 radical (unpaired) electrons. The number of aromatic nitrogens is 5. The number of carbonyl (C=O) groups is 1. The number of hydrogen-bond donors (Lipinski definition) is 0. The van der Waals surface area contributed by atoms with Gasteiger partial charge in [-0.3, -0.25) is 9.78 Å². The standard InChI is InChI=1S/C13H11N5O2/c1-9(19)20-8-10-7-18(17-16-10)13-6-14-11-4-2-3-5-12(11)15-13/h2-7H,8H2,1H3. The normalized spacial score (nSPS) is 10.7. The van der Waals surface area contributed by atoms with Crippen LogP contribution in [0, 0.1) is 0 Å². The lowest BCUT2D eigenvalue weighted by atomic mass is 10.3. The van der Waals surface area contributed by atoms with Gasteiger partial charge >= 0.3 is 5.97 Å². The Bertz CT molecular complexity index is 768. The summed E-state index contributed by atoms with van der Waals surface area (Å²) in [4.78, 5) is 19.5. The van der Waals surface area contributed by atoms with Gasteiger partial charge in [0.2, 0.25) is 0 Å². The largest absolute Gasteiger partial charge is 0.459 e. The number of hydrogen-bond acceptors (Lipinski definition) is 6. The number of para-hydroxylation sites is 2. The molecule has 7 nitrogen and oxygen atoms in total. The molecule has 3 rings (SSSR count). The zero-order valence-electron chi connectivity index (χ0n) is 10.7. The highest BCUT2D eigenvalue weighted by Crippen LogP contribution is 2.11. The Kier molecular flexibility index (Phi) is 3.08. The number of fused-ring (bicyclic) bond motifs is 1. The average Bonchev–Trinajstić information content (AvgIpc) is 2.93. The molecule has 0 N–H and O–H groups in total. The first-order chi connectivity index (χ1) is 9.72. The van der Waals surface area contributed by atoms with E-state index in [1.807, 2.05) is 24.3 Å². The third-order valence-electron chi connectivity index (χ3n) is 2.63. The van der Waals surface area contributed by atoms with Crippen LogP contribution in [0.15, 0.2) is 36.7 Å². The van der Waals surface area contributed by atoms with Crippen molar-refractivity contribution in [1.29, 1.82) is 0 Å². The second-order valence-corrected chi connectivity index (χ2v) is 4.15. The van der Waals surface area contributed by atoms with E-state index in [2.05, 4.69) is 20.3 Å². The molecule has 7 heteroatoms. The molecule has 0 saturated heterocycles. The van der Waals surface area contributed by atoms with Crippen LogP contribution in [0.5, 0.6) is 0 Å². The van der Waals surface area contributed by atoms with Crippen molar-refractivity contribution in [2.75, 3.05) is 0 Å². The maximum Gasteiger partial charge on any atom is 0.303 e. The predicted octanol–water partition coefficient (Wildman–Crippen LogP) is 1.27. The van der Waals surface area contributed by atoms with E-state index in [1.165, 1.54) is 11.6 Å². The molecule has 0 saturated carbocycles. The molecule has 100 valence electrons. The third kappa shape index (κ3) is 2.46. The van der Waals surface area contributed by atoms with E-state index in [9.17, 15) is 4.79 Å². The fourth-order valence-corrected chi connectivity index (χ4v) is 1.71. The number of carbonyl (C=O) groups excluding carboxylic acids is 1. The summed E-state index contributed by atoms with van der Waals surface area (Å²) in [7, 11) is 0. The molecule has 0 spiro atoms. The van der Waals surface area contributed by atoms with Crippen molar-refractivity contribution in [3.05, 3.63) is 42.4 Å². The van der Waals surface area contributed by atoms with Crippen LogP contribution in [-0.2, 0) is 16.1 Å². The molecule has 1 aromatic carbocycles. The van der Waals surface area contributed by atoms with Crippen molar-refractivity contribution in [1.82, 2.24) is 25.0 Å². The summed E-state index contributed by atoms with van der Waals surface area (Å²) in [6, 6.07) is 7.57. The number of rotatable bonds is 3. The number of nitrogens with zero attached hydrogens (tertiary/aromatic N) is 5. The lowest BCUT2D eigenvalue weighted by Crippen LogP contribution is -2.00. The van der Waals surface area contributed by atoms with Crippen molar-refractivity contribution in [2.45, 2.75) is 13.5 Å². The molecule has 0 aliphatic carbocycles. The van der Waals surface area contributed by atoms with Gasteiger partial charge in [-0.2, -0.15) is 0 Å². The molecule has 2 aromatic heterocycles. The van der Waals surface area contributed by atoms with Gasteiger partial charge < -0.3 is 4.74 Å². The van der Waals surface area contributed by atoms with E-state index in [1.54, 1.807) is 12.4 Å². The summed E-state index contributed by atoms with van der Waals surface area (Å²) < 4.78 is 6.35. The van der Waals surface area contributed by atoms with E-state index < -0.39 is 0 Å². The molecule has 0 unspecified atom stereocenters. The van der Waals surface area contributed by atoms with Crippen LogP contribution in [-0.4, -0.2) is 30.9 Å². The third-order valence-corrected chi connectivity index (χ3v) is 2.63. The van der Waals surface area contributed by atoms with Gasteiger partial charge in [-0.05, 0) is 12.1 Å². The molecule has 3 aromatic rings. The Hall–Kier alpha value is -2.83. The van der Waals surface area contributed by atoms with Gasteiger partial charge in [0.05, 0.1) is 23.4 Å². The van der Waals surface area contributed by atoms with Gasteiger partial charge in [0, 0.05) is 6.92 Å². The summed E-state index contributed by atoms with van der Waals surface area (Å²) in [6.45, 7) is 1.44. The van der Waals surface area contributed by atoms with Crippen LogP contribution in [0.3, 0.4) is 0 Å². The van der Waals surface area contributed by atoms with Gasteiger partial charge in [-0.25, -0.2) is 9.67 Å². The van der Waals surface area contributed by atoms with Crippen molar-refractivity contribution in [2.24, 2.45) is 0 Å². The lowest BCUT2D eigenvalue weighted by Gasteiger charge is -2.00. The monoisotopic (exact) mass is 269 g/mol. The van der Waals surface area contributed by atoms with Crippen LogP contribution < -0.4 is 0 Å². The highest BCUT2D eigenvalue weighted by atomic mass is 16.5. The van der Waals surface area contributed by atoms with Gasteiger partial charge in [-0.15, -0.1) is 5.10 Å². The van der Waals surface area contributed by atoms with Crippen molar-refractivity contribution < 1.29 is 9.53 Å². The lowest BCUT2D eigenvalue weighted by molar-refractivity contribution is -0.142. The predicted molar refractivity (Wildman–Crippen MR) is 69.9 cm³/mol. The van der Waals surface area contributed by atoms with Crippen molar-refractivity contribution >= 4 is 17.0 Å². The average molecular weight is 269 g/mol. The summed E-state index contributed by atoms with van der Waals surface area (Å²) in [5.41, 5.74) is 2.15. The molecular formula is C13H11N5O2. The second kappa shape index (κ2) is 5.04. The van der Waals surface area contributed by atoms with Crippen molar-refractivity contribution in [3.63, 3.8) is 0 Å². The Morgan fingerprint density at radius 3 is 2.90 bits per heavy atom. The summed E-state index contributed by atoms with van der Waals surface area (Å²) in [6.07, 6.45) is 3.27. The van der Waals surface area contributed by atoms with Crippen LogP contribution in [0.2, 0.25) is 0 Å². The Balaban J connectivity index is 1.89. The van der Waals surface area contributed by atoms with E-state index in [-0.39, 0.29) is 12.6 Å². The number of ether oxygens (including phenoxy) is 1. The smallest absolute Gasteiger partial charge is 0.303 e. The van der Waals surface area contributed by atoms with E-state index >= 15 is 0 Å². The fraction of sp³-hybridized carbons (Fsp3) is 0.154. The van der Waals surface area contributed by atoms with Crippen LogP contribution in [0.1, 0.15) is 12.6 Å². The second-order valence-electron chi connectivity index (χ2n) is 4.15. The maximum atomic E-state index is 10.7. The highest BCUT2D eigenvalue weighted by molar-refractivity contribution is 5.74. The first kappa shape index (κ1) is 12.2. The molecule has 0 aliphatic heterocycles. The minimum absolute atomic E-state index is 0.0936. The van der Waals surface area contributed by atoms with Gasteiger partial charge in [-0.1, -0.05) is 17.3 Å². The minimum Gasteiger partial charge on any atom is -0.459 e. The zero-order chi connectivity index (χ0) is 13.9. The number of benzene rings is 1. The Morgan fingerprint density at radius 2 is 2.10 bits per heavy atom. The van der Waals surface area contributed by atoms with Crippen molar-refractivity contribution in [3.8, 4) is 5.82 Å². The number of esters is 1. The molecule has 20 heavy (non-hydrogen) atoms. The highest BCUT2D eigenvalue weighted by Gasteiger charge is 2.06. The molecule has 0 fully saturated rings. The van der Waals surface area contributed by atoms with E-state index in [0.29, 0.717) is 11.5 Å². The Morgan fingerprint density at radius 1 is 1.30 bits per heavy atom. The van der Waals surface area contributed by atoms with Gasteiger partial charge in [0.25, 0.3) is 0 Å². The topological polar surface area (TPSA) is 82.8 Å². The molecule has 2 heterocycles. The van der Waals surface area contributed by atoms with Crippen LogP contribution in [0.25, 0.3) is 16.9 Å². The van der Waals surface area contributed by atoms with Crippen LogP contribution in [0.4, 0.5) is 0 Å². The molecule has 0 aliphatic rings. The summed E-state index contributed by atoms with van der Waals surface area (Å²) in [5.74, 6) is 0.204. The molecule has 0 amide bonds. The fourth-order valence-electron chi connectivity index (χ4n) is 1.71. The molecule has 0 bridgehead atoms. The van der Waals surface area contributed by atoms with Gasteiger partial charge in [0.1, 0.15) is 12.3 Å². The first-order valence-corrected chi connectivity index (χ1v) is 5.99. The molecular weight excluding hydrogens is 258 g/mol. The summed E-state index contributed by atoms with van der Waals surface area (Å²) in [5, 5.41) is 7.86. The van der Waals surface area contributed by atoms with E-state index in [4.69, 9.17) is 4.74 Å². The Labute approximate surface area is 114 Å². The first-order valence-electron chi connectivity index (χ1n) is 5.99. The maximum absolute atomic E-state index is 10.7.